The summed E-state index contributed by atoms with van der Waals surface area (Å²) in [5, 5.41) is 18.5. The molecule has 0 aliphatic heterocycles. The van der Waals surface area contributed by atoms with Crippen molar-refractivity contribution in [1.29, 1.82) is 5.41 Å². The first kappa shape index (κ1) is 17.3. The average Bonchev–Trinajstić information content (AvgIpc) is 2.52. The van der Waals surface area contributed by atoms with Gasteiger partial charge in [0.05, 0.1) is 12.7 Å². The molecule has 4 N–H and O–H groups in total. The lowest BCUT2D eigenvalue weighted by Crippen LogP contribution is -2.76. The summed E-state index contributed by atoms with van der Waals surface area (Å²) in [6.07, 6.45) is 2.96. The van der Waals surface area contributed by atoms with Crippen LogP contribution in [0.1, 0.15) is 5.56 Å². The number of allylic oxidation sites excluding steroid dienone is 1. The molecule has 7 heteroatoms. The number of ketones is 1. The minimum absolute atomic E-state index is 0.0550. The molecule has 0 saturated carbocycles. The third kappa shape index (κ3) is 5.29. The van der Waals surface area contributed by atoms with E-state index in [1.165, 1.54) is 18.3 Å². The zero-order valence-corrected chi connectivity index (χ0v) is 11.9. The summed E-state index contributed by atoms with van der Waals surface area (Å²) in [6, 6.07) is 5.88. The van der Waals surface area contributed by atoms with Gasteiger partial charge in [-0.25, -0.2) is 9.18 Å². The van der Waals surface area contributed by atoms with Crippen LogP contribution in [-0.4, -0.2) is 30.2 Å². The van der Waals surface area contributed by atoms with Crippen molar-refractivity contribution in [3.05, 3.63) is 59.3 Å². The van der Waals surface area contributed by atoms with Gasteiger partial charge in [0.15, 0.2) is 0 Å². The molecule has 0 amide bonds. The largest absolute Gasteiger partial charge is 0.507 e. The van der Waals surface area contributed by atoms with Crippen molar-refractivity contribution in [2.75, 3.05) is 7.11 Å². The van der Waals surface area contributed by atoms with Crippen molar-refractivity contribution in [3.8, 4) is 0 Å². The van der Waals surface area contributed by atoms with E-state index >= 15 is 0 Å². The Kier molecular flexibility index (Phi) is 6.65. The van der Waals surface area contributed by atoms with Gasteiger partial charge in [-0.3, -0.25) is 4.79 Å². The van der Waals surface area contributed by atoms with Gasteiger partial charge in [0.25, 0.3) is 5.78 Å². The molecule has 0 atom stereocenters. The molecule has 0 bridgehead atoms. The number of ether oxygens (including phenoxy) is 1. The maximum Gasteiger partial charge on any atom is 0.378 e. The standard InChI is InChI=1S/C15H15FN2O4/c1-22-15(21)14(20)6-13(19)11(7-17)9-18-8-10-2-4-12(16)5-3-10/h2-7,9,17-19H,8H2,1H3/p+1. The minimum Gasteiger partial charge on any atom is -0.507 e. The van der Waals surface area contributed by atoms with Crippen molar-refractivity contribution in [1.82, 2.24) is 0 Å². The number of aliphatic hydroxyl groups excluding tert-OH is 1. The molecule has 0 unspecified atom stereocenters. The molecule has 0 heterocycles. The number of aliphatic hydroxyl groups is 1. The molecule has 0 spiro atoms. The van der Waals surface area contributed by atoms with Crippen molar-refractivity contribution in [2.24, 2.45) is 0 Å². The van der Waals surface area contributed by atoms with Crippen molar-refractivity contribution >= 4 is 18.0 Å². The molecule has 116 valence electrons. The summed E-state index contributed by atoms with van der Waals surface area (Å²) in [4.78, 5) is 22.2. The Bertz CT molecular complexity index is 621. The summed E-state index contributed by atoms with van der Waals surface area (Å²) in [5.74, 6) is -2.97. The fourth-order valence-corrected chi connectivity index (χ4v) is 1.52. The normalized spacial score (nSPS) is 11.9. The van der Waals surface area contributed by atoms with Crippen LogP contribution in [-0.2, 0) is 20.9 Å². The maximum absolute atomic E-state index is 12.8. The number of nitrogens with one attached hydrogen (secondary N) is 1. The number of esters is 1. The van der Waals surface area contributed by atoms with Crippen LogP contribution in [0.3, 0.4) is 0 Å². The molecule has 6 nitrogen and oxygen atoms in total. The van der Waals surface area contributed by atoms with Gasteiger partial charge >= 0.3 is 5.97 Å². The van der Waals surface area contributed by atoms with Crippen molar-refractivity contribution < 1.29 is 29.1 Å². The third-order valence-corrected chi connectivity index (χ3v) is 2.67. The number of nitrogens with two attached hydrogens (primary N) is 1. The number of methoxy groups -OCH3 is 1. The molecule has 0 fully saturated rings. The highest BCUT2D eigenvalue weighted by molar-refractivity contribution is 6.38. The molecule has 1 rings (SSSR count). The predicted octanol–water partition coefficient (Wildman–Crippen LogP) is 0.607. The van der Waals surface area contributed by atoms with Crippen molar-refractivity contribution in [2.45, 2.75) is 6.54 Å². The van der Waals surface area contributed by atoms with Gasteiger partial charge in [0.2, 0.25) is 0 Å². The molecule has 0 aliphatic carbocycles. The zero-order chi connectivity index (χ0) is 16.5. The van der Waals surface area contributed by atoms with E-state index in [9.17, 15) is 19.1 Å². The molecular formula is C15H16FN2O4+. The number of benzene rings is 1. The summed E-state index contributed by atoms with van der Waals surface area (Å²) in [7, 11) is 1.05. The number of halogens is 1. The zero-order valence-electron chi connectivity index (χ0n) is 11.9. The number of hydrogen-bond donors (Lipinski definition) is 3. The highest BCUT2D eigenvalue weighted by Gasteiger charge is 2.13. The Morgan fingerprint density at radius 2 is 2.00 bits per heavy atom. The highest BCUT2D eigenvalue weighted by atomic mass is 19.1. The monoisotopic (exact) mass is 307 g/mol. The number of carbonyl (C=O) groups excluding carboxylic acids is 2. The van der Waals surface area contributed by atoms with Crippen LogP contribution in [0.15, 0.2) is 47.9 Å². The van der Waals surface area contributed by atoms with E-state index in [1.54, 1.807) is 17.4 Å². The van der Waals surface area contributed by atoms with Gasteiger partial charge in [-0.15, -0.1) is 0 Å². The SMILES string of the molecule is COC(=O)C(=O)C=C(O)C(C=N)=C[NH2+]Cc1ccc(F)cc1. The van der Waals surface area contributed by atoms with Crippen LogP contribution in [0, 0.1) is 11.2 Å². The van der Waals surface area contributed by atoms with Crippen LogP contribution in [0.2, 0.25) is 0 Å². The van der Waals surface area contributed by atoms with Crippen LogP contribution >= 0.6 is 0 Å². The van der Waals surface area contributed by atoms with E-state index in [-0.39, 0.29) is 11.4 Å². The van der Waals surface area contributed by atoms with Gasteiger partial charge in [0.1, 0.15) is 24.3 Å². The maximum atomic E-state index is 12.8. The lowest BCUT2D eigenvalue weighted by molar-refractivity contribution is -0.605. The van der Waals surface area contributed by atoms with Crippen molar-refractivity contribution in [3.63, 3.8) is 0 Å². The van der Waals surface area contributed by atoms with Crippen LogP contribution in [0.25, 0.3) is 0 Å². The van der Waals surface area contributed by atoms with Gasteiger partial charge < -0.3 is 20.6 Å². The number of carbonyl (C=O) groups is 2. The van der Waals surface area contributed by atoms with Gasteiger partial charge in [0, 0.05) is 17.9 Å². The second-order valence-electron chi connectivity index (χ2n) is 4.22. The second-order valence-corrected chi connectivity index (χ2v) is 4.22. The fraction of sp³-hybridized carbons (Fsp3) is 0.133. The predicted molar refractivity (Wildman–Crippen MR) is 76.6 cm³/mol. The Balaban J connectivity index is 2.71. The van der Waals surface area contributed by atoms with Crippen LogP contribution in [0.4, 0.5) is 4.39 Å². The fourth-order valence-electron chi connectivity index (χ4n) is 1.52. The van der Waals surface area contributed by atoms with E-state index in [0.717, 1.165) is 18.9 Å². The van der Waals surface area contributed by atoms with E-state index in [4.69, 9.17) is 5.41 Å². The molecule has 0 aliphatic rings. The van der Waals surface area contributed by atoms with Gasteiger partial charge in [-0.05, 0) is 12.1 Å². The lowest BCUT2D eigenvalue weighted by Gasteiger charge is -2.01. The Morgan fingerprint density at radius 1 is 1.36 bits per heavy atom. The summed E-state index contributed by atoms with van der Waals surface area (Å²) >= 11 is 0. The molecule has 0 radical (unpaired) electrons. The highest BCUT2D eigenvalue weighted by Crippen LogP contribution is 2.03. The number of quaternary nitrogens is 1. The quantitative estimate of drug-likeness (QED) is 0.171. The topological polar surface area (TPSA) is 104 Å². The average molecular weight is 307 g/mol. The first-order valence-corrected chi connectivity index (χ1v) is 6.29. The summed E-state index contributed by atoms with van der Waals surface area (Å²) < 4.78 is 17.0. The van der Waals surface area contributed by atoms with Crippen LogP contribution < -0.4 is 5.32 Å². The molecule has 0 aromatic heterocycles. The molecule has 1 aromatic rings. The Hall–Kier alpha value is -2.80. The molecular weight excluding hydrogens is 291 g/mol. The minimum atomic E-state index is -1.11. The third-order valence-electron chi connectivity index (χ3n) is 2.67. The summed E-state index contributed by atoms with van der Waals surface area (Å²) in [5.41, 5.74) is 0.899. The lowest BCUT2D eigenvalue weighted by atomic mass is 10.2. The number of hydrogen-bond acceptors (Lipinski definition) is 5. The first-order valence-electron chi connectivity index (χ1n) is 6.29. The molecule has 1 aromatic carbocycles. The Morgan fingerprint density at radius 3 is 2.55 bits per heavy atom. The second kappa shape index (κ2) is 8.48. The van der Waals surface area contributed by atoms with E-state index in [1.807, 2.05) is 0 Å². The van der Waals surface area contributed by atoms with E-state index in [0.29, 0.717) is 12.6 Å². The smallest absolute Gasteiger partial charge is 0.378 e. The van der Waals surface area contributed by atoms with Gasteiger partial charge in [-0.2, -0.15) is 0 Å². The van der Waals surface area contributed by atoms with Gasteiger partial charge in [-0.1, -0.05) is 12.1 Å². The summed E-state index contributed by atoms with van der Waals surface area (Å²) in [6.45, 7) is 0.454. The molecule has 22 heavy (non-hydrogen) atoms. The van der Waals surface area contributed by atoms with Crippen LogP contribution in [0.5, 0.6) is 0 Å². The number of rotatable bonds is 7. The van der Waals surface area contributed by atoms with E-state index in [2.05, 4.69) is 4.74 Å². The Labute approximate surface area is 126 Å². The van der Waals surface area contributed by atoms with E-state index < -0.39 is 17.5 Å². The first-order chi connectivity index (χ1) is 10.5. The molecule has 0 saturated heterocycles.